The molecule has 0 saturated heterocycles. The normalized spacial score (nSPS) is 17.3. The molecule has 0 aromatic heterocycles. The summed E-state index contributed by atoms with van der Waals surface area (Å²) in [6, 6.07) is 0. The Morgan fingerprint density at radius 2 is 0.788 bits per heavy atom. The van der Waals surface area contributed by atoms with Crippen LogP contribution in [-0.4, -0.2) is 55.3 Å². The van der Waals surface area contributed by atoms with Crippen molar-refractivity contribution in [3.05, 3.63) is 11.6 Å². The molecule has 0 saturated carbocycles. The van der Waals surface area contributed by atoms with E-state index in [1.54, 1.807) is 0 Å². The van der Waals surface area contributed by atoms with E-state index < -0.39 is 25.0 Å². The molecule has 0 aromatic carbocycles. The van der Waals surface area contributed by atoms with Crippen molar-refractivity contribution in [3.8, 4) is 0 Å². The van der Waals surface area contributed by atoms with E-state index in [4.69, 9.17) is 18.0 Å². The van der Waals surface area contributed by atoms with Gasteiger partial charge in [0.25, 0.3) is 0 Å². The molecule has 0 radical (unpaired) electrons. The van der Waals surface area contributed by atoms with E-state index in [0.717, 1.165) is 24.8 Å². The first-order valence-electron chi connectivity index (χ1n) is 22.4. The highest BCUT2D eigenvalue weighted by Gasteiger charge is 2.28. The van der Waals surface area contributed by atoms with Gasteiger partial charge >= 0.3 is 5.97 Å². The van der Waals surface area contributed by atoms with Crippen LogP contribution in [0.15, 0.2) is 11.6 Å². The van der Waals surface area contributed by atoms with Crippen molar-refractivity contribution < 1.29 is 22.8 Å². The van der Waals surface area contributed by atoms with Crippen molar-refractivity contribution in [1.29, 1.82) is 0 Å². The summed E-state index contributed by atoms with van der Waals surface area (Å²) >= 11 is 0. The Morgan fingerprint density at radius 3 is 1.10 bits per heavy atom. The molecule has 4 atom stereocenters. The van der Waals surface area contributed by atoms with Gasteiger partial charge in [0.1, 0.15) is 6.10 Å². The number of carbonyl (C=O) groups excluding carboxylic acids is 1. The maximum absolute atomic E-state index is 12.2. The Kier molecular flexibility index (Phi) is 27.0. The fraction of sp³-hybridized carbons (Fsp3) is 0.932. The zero-order chi connectivity index (χ0) is 38.9. The number of esters is 1. The molecule has 1 unspecified atom stereocenters. The van der Waals surface area contributed by atoms with Crippen molar-refractivity contribution >= 4 is 30.9 Å². The second kappa shape index (κ2) is 28.2. The highest BCUT2D eigenvalue weighted by atomic mass is 28.4. The lowest BCUT2D eigenvalue weighted by Crippen LogP contribution is -2.33. The summed E-state index contributed by atoms with van der Waals surface area (Å²) < 4.78 is 25.2. The third-order valence-corrected chi connectivity index (χ3v) is 13.1. The SMILES string of the molecule is CCCCCCCCCCCCCCC(CCCCCCC[C@@H](CCCCC[C@H](CC1=C[C@H](C)OC1=O)O[Si](C)(C)C)O[Si](C)(C)C)O[Si](C)(C)C. The average Bonchev–Trinajstić information content (AvgIpc) is 3.33. The maximum Gasteiger partial charge on any atom is 0.334 e. The number of cyclic esters (lactones) is 1. The third kappa shape index (κ3) is 30.0. The van der Waals surface area contributed by atoms with E-state index in [9.17, 15) is 4.79 Å². The summed E-state index contributed by atoms with van der Waals surface area (Å²) in [6.45, 7) is 25.0. The molecule has 0 amide bonds. The molecule has 52 heavy (non-hydrogen) atoms. The van der Waals surface area contributed by atoms with Crippen molar-refractivity contribution in [2.45, 2.75) is 264 Å². The van der Waals surface area contributed by atoms with Crippen molar-refractivity contribution in [2.75, 3.05) is 0 Å². The predicted molar refractivity (Wildman–Crippen MR) is 234 cm³/mol. The largest absolute Gasteiger partial charge is 0.455 e. The van der Waals surface area contributed by atoms with Crippen molar-refractivity contribution in [3.63, 3.8) is 0 Å². The van der Waals surface area contributed by atoms with Crippen molar-refractivity contribution in [2.24, 2.45) is 0 Å². The Morgan fingerprint density at radius 1 is 0.500 bits per heavy atom. The second-order valence-electron chi connectivity index (χ2n) is 19.2. The molecule has 308 valence electrons. The van der Waals surface area contributed by atoms with Gasteiger partial charge in [0, 0.05) is 30.3 Å². The fourth-order valence-corrected chi connectivity index (χ4v) is 11.3. The Labute approximate surface area is 328 Å². The van der Waals surface area contributed by atoms with Gasteiger partial charge in [0.05, 0.1) is 0 Å². The first-order chi connectivity index (χ1) is 24.5. The molecule has 1 aliphatic heterocycles. The Bertz CT molecular complexity index is 920. The van der Waals surface area contributed by atoms with Gasteiger partial charge in [-0.25, -0.2) is 4.79 Å². The van der Waals surface area contributed by atoms with Crippen LogP contribution >= 0.6 is 0 Å². The number of ether oxygens (including phenoxy) is 1. The molecule has 0 aromatic rings. The van der Waals surface area contributed by atoms with Crippen LogP contribution in [0.5, 0.6) is 0 Å². The quantitative estimate of drug-likeness (QED) is 0.0364. The van der Waals surface area contributed by atoms with Gasteiger partial charge in [-0.2, -0.15) is 0 Å². The van der Waals surface area contributed by atoms with Crippen LogP contribution in [0.1, 0.15) is 181 Å². The van der Waals surface area contributed by atoms with Gasteiger partial charge in [-0.05, 0) is 104 Å². The van der Waals surface area contributed by atoms with Gasteiger partial charge < -0.3 is 18.0 Å². The molecule has 1 aliphatic rings. The van der Waals surface area contributed by atoms with Crippen LogP contribution in [0.2, 0.25) is 58.9 Å². The first-order valence-corrected chi connectivity index (χ1v) is 32.6. The minimum Gasteiger partial charge on any atom is -0.455 e. The smallest absolute Gasteiger partial charge is 0.334 e. The molecule has 1 heterocycles. The van der Waals surface area contributed by atoms with Crippen LogP contribution in [0.3, 0.4) is 0 Å². The van der Waals surface area contributed by atoms with E-state index in [1.165, 1.54) is 141 Å². The lowest BCUT2D eigenvalue weighted by atomic mass is 9.99. The number of hydrogen-bond acceptors (Lipinski definition) is 5. The predicted octanol–water partition coefficient (Wildman–Crippen LogP) is 14.7. The van der Waals surface area contributed by atoms with Gasteiger partial charge in [0.2, 0.25) is 0 Å². The molecule has 0 fully saturated rings. The summed E-state index contributed by atoms with van der Waals surface area (Å²) in [5, 5.41) is 0. The highest BCUT2D eigenvalue weighted by Crippen LogP contribution is 2.26. The molecule has 0 N–H and O–H groups in total. The summed E-state index contributed by atoms with van der Waals surface area (Å²) in [5.41, 5.74) is 0.800. The minimum absolute atomic E-state index is 0.108. The average molecular weight is 783 g/mol. The molecule has 0 spiro atoms. The summed E-state index contributed by atoms with van der Waals surface area (Å²) in [4.78, 5) is 12.2. The van der Waals surface area contributed by atoms with E-state index in [1.807, 2.05) is 13.0 Å². The maximum atomic E-state index is 12.2. The van der Waals surface area contributed by atoms with Crippen LogP contribution in [-0.2, 0) is 22.8 Å². The van der Waals surface area contributed by atoms with Crippen LogP contribution in [0, 0.1) is 0 Å². The van der Waals surface area contributed by atoms with E-state index >= 15 is 0 Å². The molecule has 8 heteroatoms. The standard InChI is InChI=1S/C44H90O5Si3/c1-12-13-14-15-16-17-18-19-20-21-23-27-32-41(47-50(3,4)5)33-28-24-22-25-29-34-42(48-51(6,7)8)35-30-26-31-36-43(49-52(9,10)11)38-40-37-39(2)46-44(40)45/h37,39,41-43H,12-36,38H2,1-11H3/t39-,41?,42-,43+/m0/s1. The first kappa shape index (κ1) is 49.8. The Hall–Kier alpha value is -0.259. The molecular formula is C44H90O5Si3. The van der Waals surface area contributed by atoms with E-state index in [-0.39, 0.29) is 18.2 Å². The number of rotatable bonds is 35. The van der Waals surface area contributed by atoms with Crippen LogP contribution < -0.4 is 0 Å². The number of hydrogen-bond donors (Lipinski definition) is 0. The van der Waals surface area contributed by atoms with Crippen LogP contribution in [0.25, 0.3) is 0 Å². The second-order valence-corrected chi connectivity index (χ2v) is 32.6. The van der Waals surface area contributed by atoms with E-state index in [2.05, 4.69) is 65.8 Å². The molecule has 0 aliphatic carbocycles. The number of carbonyl (C=O) groups is 1. The van der Waals surface area contributed by atoms with E-state index in [0.29, 0.717) is 18.6 Å². The third-order valence-electron chi connectivity index (χ3n) is 9.98. The Balaban J connectivity index is 2.31. The van der Waals surface area contributed by atoms with Gasteiger partial charge in [0.15, 0.2) is 25.0 Å². The summed E-state index contributed by atoms with van der Waals surface area (Å²) in [5.74, 6) is -0.159. The lowest BCUT2D eigenvalue weighted by molar-refractivity contribution is -0.139. The monoisotopic (exact) mass is 783 g/mol. The highest BCUT2D eigenvalue weighted by molar-refractivity contribution is 6.70. The minimum atomic E-state index is -1.70. The topological polar surface area (TPSA) is 54.0 Å². The summed E-state index contributed by atoms with van der Waals surface area (Å²) in [6.07, 6.45) is 36.4. The zero-order valence-corrected chi connectivity index (χ0v) is 39.8. The van der Waals surface area contributed by atoms with Crippen molar-refractivity contribution in [1.82, 2.24) is 0 Å². The fourth-order valence-electron chi connectivity index (χ4n) is 7.66. The molecule has 1 rings (SSSR count). The van der Waals surface area contributed by atoms with Gasteiger partial charge in [-0.15, -0.1) is 0 Å². The summed E-state index contributed by atoms with van der Waals surface area (Å²) in [7, 11) is -4.81. The van der Waals surface area contributed by atoms with Gasteiger partial charge in [-0.1, -0.05) is 135 Å². The zero-order valence-electron chi connectivity index (χ0n) is 36.8. The molecule has 0 bridgehead atoms. The molecular weight excluding hydrogens is 693 g/mol. The molecule has 5 nitrogen and oxygen atoms in total. The van der Waals surface area contributed by atoms with Crippen LogP contribution in [0.4, 0.5) is 0 Å². The lowest BCUT2D eigenvalue weighted by Gasteiger charge is -2.27. The number of unbranched alkanes of at least 4 members (excludes halogenated alkanes) is 17. The van der Waals surface area contributed by atoms with Gasteiger partial charge in [-0.3, -0.25) is 0 Å².